The van der Waals surface area contributed by atoms with Crippen LogP contribution >= 0.6 is 0 Å². The highest BCUT2D eigenvalue weighted by Crippen LogP contribution is 2.28. The number of furan rings is 1. The van der Waals surface area contributed by atoms with Gasteiger partial charge in [0.15, 0.2) is 5.76 Å². The van der Waals surface area contributed by atoms with E-state index in [1.807, 2.05) is 0 Å². The maximum absolute atomic E-state index is 13.1. The van der Waals surface area contributed by atoms with Crippen LogP contribution in [0.2, 0.25) is 0 Å². The summed E-state index contributed by atoms with van der Waals surface area (Å²) in [7, 11) is 0. The molecule has 0 atom stereocenters. The highest BCUT2D eigenvalue weighted by molar-refractivity contribution is 5.82. The van der Waals surface area contributed by atoms with Crippen molar-refractivity contribution in [1.29, 1.82) is 0 Å². The van der Waals surface area contributed by atoms with E-state index >= 15 is 0 Å². The van der Waals surface area contributed by atoms with Crippen LogP contribution in [0.25, 0.3) is 22.4 Å². The highest BCUT2D eigenvalue weighted by Gasteiger charge is 2.13. The molecule has 0 aliphatic carbocycles. The van der Waals surface area contributed by atoms with Crippen molar-refractivity contribution in [2.45, 2.75) is 13.8 Å². The first kappa shape index (κ1) is 11.6. The van der Waals surface area contributed by atoms with Crippen LogP contribution in [-0.4, -0.2) is 10.2 Å². The first-order chi connectivity index (χ1) is 9.06. The van der Waals surface area contributed by atoms with Crippen LogP contribution in [0.15, 0.2) is 33.5 Å². The Morgan fingerprint density at radius 2 is 2.00 bits per heavy atom. The number of aromatic nitrogens is 2. The summed E-state index contributed by atoms with van der Waals surface area (Å²) in [6.45, 7) is 3.53. The van der Waals surface area contributed by atoms with Crippen molar-refractivity contribution in [1.82, 2.24) is 10.2 Å². The summed E-state index contributed by atoms with van der Waals surface area (Å²) in [5.41, 5.74) is 2.28. The predicted molar refractivity (Wildman–Crippen MR) is 69.5 cm³/mol. The highest BCUT2D eigenvalue weighted by atomic mass is 19.1. The van der Waals surface area contributed by atoms with Gasteiger partial charge in [-0.1, -0.05) is 0 Å². The van der Waals surface area contributed by atoms with E-state index < -0.39 is 0 Å². The van der Waals surface area contributed by atoms with Crippen molar-refractivity contribution in [2.24, 2.45) is 0 Å². The third-order valence-corrected chi connectivity index (χ3v) is 3.24. The Bertz CT molecular complexity index is 833. The van der Waals surface area contributed by atoms with Gasteiger partial charge in [0, 0.05) is 10.9 Å². The summed E-state index contributed by atoms with van der Waals surface area (Å²) in [5, 5.41) is 7.09. The average molecular weight is 258 g/mol. The van der Waals surface area contributed by atoms with Gasteiger partial charge in [0.25, 0.3) is 5.56 Å². The zero-order chi connectivity index (χ0) is 13.6. The lowest BCUT2D eigenvalue weighted by molar-refractivity contribution is 0.616. The normalized spacial score (nSPS) is 11.1. The van der Waals surface area contributed by atoms with Crippen LogP contribution in [-0.2, 0) is 0 Å². The molecule has 2 aromatic heterocycles. The molecule has 1 N–H and O–H groups in total. The van der Waals surface area contributed by atoms with E-state index in [9.17, 15) is 9.18 Å². The molecule has 2 heterocycles. The fourth-order valence-corrected chi connectivity index (χ4v) is 1.99. The van der Waals surface area contributed by atoms with Crippen LogP contribution in [0.1, 0.15) is 11.1 Å². The van der Waals surface area contributed by atoms with E-state index in [-0.39, 0.29) is 11.4 Å². The molecule has 0 bridgehead atoms. The smallest absolute Gasteiger partial charge is 0.267 e. The van der Waals surface area contributed by atoms with Crippen molar-refractivity contribution in [2.75, 3.05) is 0 Å². The largest absolute Gasteiger partial charge is 0.454 e. The fraction of sp³-hybridized carbons (Fsp3) is 0.143. The molecule has 4 nitrogen and oxygen atoms in total. The van der Waals surface area contributed by atoms with Crippen LogP contribution in [0.4, 0.5) is 4.39 Å². The lowest BCUT2D eigenvalue weighted by atomic mass is 10.1. The number of fused-ring (bicyclic) bond motifs is 1. The summed E-state index contributed by atoms with van der Waals surface area (Å²) < 4.78 is 18.8. The second kappa shape index (κ2) is 4.05. The average Bonchev–Trinajstić information content (AvgIpc) is 2.78. The monoisotopic (exact) mass is 258 g/mol. The van der Waals surface area contributed by atoms with E-state index in [0.29, 0.717) is 28.0 Å². The molecule has 0 fully saturated rings. The number of rotatable bonds is 1. The van der Waals surface area contributed by atoms with Gasteiger partial charge in [0.2, 0.25) is 0 Å². The zero-order valence-corrected chi connectivity index (χ0v) is 10.5. The van der Waals surface area contributed by atoms with Crippen LogP contribution in [0.3, 0.4) is 0 Å². The molecule has 1 aromatic carbocycles. The van der Waals surface area contributed by atoms with Crippen molar-refractivity contribution in [3.63, 3.8) is 0 Å². The van der Waals surface area contributed by atoms with Gasteiger partial charge >= 0.3 is 0 Å². The van der Waals surface area contributed by atoms with E-state index in [1.165, 1.54) is 12.1 Å². The molecule has 96 valence electrons. The molecule has 0 spiro atoms. The summed E-state index contributed by atoms with van der Waals surface area (Å²) in [4.78, 5) is 11.4. The molecule has 0 saturated heterocycles. The van der Waals surface area contributed by atoms with Gasteiger partial charge in [-0.3, -0.25) is 4.79 Å². The Morgan fingerprint density at radius 3 is 2.79 bits per heavy atom. The SMILES string of the molecule is Cc1c(-c2cc3cc(F)ccc3o2)n[nH]c(=O)c1C. The molecular weight excluding hydrogens is 247 g/mol. The molecule has 5 heteroatoms. The first-order valence-corrected chi connectivity index (χ1v) is 5.81. The Kier molecular flexibility index (Phi) is 2.48. The number of halogens is 1. The van der Waals surface area contributed by atoms with Gasteiger partial charge in [-0.2, -0.15) is 5.10 Å². The minimum atomic E-state index is -0.317. The van der Waals surface area contributed by atoms with Crippen molar-refractivity contribution in [3.05, 3.63) is 51.6 Å². The first-order valence-electron chi connectivity index (χ1n) is 5.81. The Morgan fingerprint density at radius 1 is 1.21 bits per heavy atom. The number of nitrogens with one attached hydrogen (secondary N) is 1. The third kappa shape index (κ3) is 1.83. The Balaban J connectivity index is 2.25. The van der Waals surface area contributed by atoms with Gasteiger partial charge in [-0.25, -0.2) is 9.49 Å². The van der Waals surface area contributed by atoms with E-state index in [1.54, 1.807) is 26.0 Å². The second-order valence-corrected chi connectivity index (χ2v) is 4.44. The van der Waals surface area contributed by atoms with Crippen molar-refractivity contribution < 1.29 is 8.81 Å². The quantitative estimate of drug-likeness (QED) is 0.730. The molecule has 0 unspecified atom stereocenters. The van der Waals surface area contributed by atoms with Gasteiger partial charge in [-0.05, 0) is 43.7 Å². The molecule has 0 aliphatic rings. The summed E-state index contributed by atoms with van der Waals surface area (Å²) >= 11 is 0. The lowest BCUT2D eigenvalue weighted by Crippen LogP contribution is -2.14. The molecule has 0 radical (unpaired) electrons. The maximum atomic E-state index is 13.1. The molecular formula is C14H11FN2O2. The van der Waals surface area contributed by atoms with Crippen molar-refractivity contribution >= 4 is 11.0 Å². The second-order valence-electron chi connectivity index (χ2n) is 4.44. The Labute approximate surface area is 107 Å². The van der Waals surface area contributed by atoms with Crippen LogP contribution < -0.4 is 5.56 Å². The topological polar surface area (TPSA) is 58.9 Å². The predicted octanol–water partition coefficient (Wildman–Crippen LogP) is 2.94. The van der Waals surface area contributed by atoms with E-state index in [2.05, 4.69) is 10.2 Å². The van der Waals surface area contributed by atoms with E-state index in [0.717, 1.165) is 5.56 Å². The van der Waals surface area contributed by atoms with E-state index in [4.69, 9.17) is 4.42 Å². The number of H-pyrrole nitrogens is 1. The van der Waals surface area contributed by atoms with Gasteiger partial charge in [0.05, 0.1) is 0 Å². The summed E-state index contributed by atoms with van der Waals surface area (Å²) in [5.74, 6) is 0.194. The maximum Gasteiger partial charge on any atom is 0.267 e. The number of hydrogen-bond donors (Lipinski definition) is 1. The number of nitrogens with zero attached hydrogens (tertiary/aromatic N) is 1. The molecule has 19 heavy (non-hydrogen) atoms. The van der Waals surface area contributed by atoms with Crippen LogP contribution in [0, 0.1) is 19.7 Å². The molecule has 0 saturated carbocycles. The van der Waals surface area contributed by atoms with Gasteiger partial charge in [0.1, 0.15) is 17.1 Å². The fourth-order valence-electron chi connectivity index (χ4n) is 1.99. The lowest BCUT2D eigenvalue weighted by Gasteiger charge is -2.02. The number of hydrogen-bond acceptors (Lipinski definition) is 3. The van der Waals surface area contributed by atoms with Crippen molar-refractivity contribution in [3.8, 4) is 11.5 Å². The van der Waals surface area contributed by atoms with Gasteiger partial charge in [-0.15, -0.1) is 0 Å². The molecule has 0 aliphatic heterocycles. The third-order valence-electron chi connectivity index (χ3n) is 3.24. The standard InChI is InChI=1S/C14H11FN2O2/c1-7-8(2)14(18)17-16-13(7)12-6-9-5-10(15)3-4-11(9)19-12/h3-6H,1-2H3,(H,17,18). The molecule has 3 aromatic rings. The molecule has 3 rings (SSSR count). The summed E-state index contributed by atoms with van der Waals surface area (Å²) in [6, 6.07) is 6.03. The minimum Gasteiger partial charge on any atom is -0.454 e. The zero-order valence-electron chi connectivity index (χ0n) is 10.5. The summed E-state index contributed by atoms with van der Waals surface area (Å²) in [6.07, 6.45) is 0. The van der Waals surface area contributed by atoms with Crippen LogP contribution in [0.5, 0.6) is 0 Å². The van der Waals surface area contributed by atoms with Gasteiger partial charge < -0.3 is 4.42 Å². The molecule has 0 amide bonds. The number of benzene rings is 1. The number of aromatic amines is 1. The minimum absolute atomic E-state index is 0.219. The Hall–Kier alpha value is -2.43.